The molecule has 9 nitrogen and oxygen atoms in total. The number of hydrogen-bond donors (Lipinski definition) is 2. The van der Waals surface area contributed by atoms with Crippen LogP contribution in [0.1, 0.15) is 42.6 Å². The third-order valence-corrected chi connectivity index (χ3v) is 6.49. The van der Waals surface area contributed by atoms with Crippen molar-refractivity contribution in [1.29, 1.82) is 0 Å². The van der Waals surface area contributed by atoms with Crippen molar-refractivity contribution in [3.8, 4) is 5.75 Å². The molecule has 166 valence electrons. The van der Waals surface area contributed by atoms with Crippen molar-refractivity contribution in [3.05, 3.63) is 48.5 Å². The maximum Gasteiger partial charge on any atom is 0.259 e. The number of aromatic nitrogens is 5. The molecule has 1 fully saturated rings. The van der Waals surface area contributed by atoms with Gasteiger partial charge in [-0.25, -0.2) is 9.50 Å². The van der Waals surface area contributed by atoms with Crippen LogP contribution in [0.4, 0.5) is 5.69 Å². The predicted octanol–water partition coefficient (Wildman–Crippen LogP) is 3.29. The van der Waals surface area contributed by atoms with E-state index in [1.165, 1.54) is 0 Å². The van der Waals surface area contributed by atoms with Crippen molar-refractivity contribution in [2.45, 2.75) is 38.3 Å². The van der Waals surface area contributed by atoms with Crippen LogP contribution in [0.25, 0.3) is 16.6 Å². The number of carbonyl (C=O) groups is 1. The second-order valence-corrected chi connectivity index (χ2v) is 8.46. The van der Waals surface area contributed by atoms with E-state index in [1.54, 1.807) is 36.3 Å². The highest BCUT2D eigenvalue weighted by Crippen LogP contribution is 2.35. The number of carbonyl (C=O) groups excluding carboxylic acids is 1. The normalized spacial score (nSPS) is 21.2. The summed E-state index contributed by atoms with van der Waals surface area (Å²) in [6.07, 6.45) is 10.4. The van der Waals surface area contributed by atoms with E-state index >= 15 is 0 Å². The van der Waals surface area contributed by atoms with Gasteiger partial charge in [-0.1, -0.05) is 6.92 Å². The van der Waals surface area contributed by atoms with Crippen molar-refractivity contribution < 1.29 is 9.53 Å². The van der Waals surface area contributed by atoms with Gasteiger partial charge in [0, 0.05) is 36.1 Å². The molecule has 0 spiro atoms. The first-order chi connectivity index (χ1) is 15.6. The molecule has 1 saturated carbocycles. The number of ether oxygens (including phenoxy) is 1. The molecule has 2 N–H and O–H groups in total. The Balaban J connectivity index is 1.45. The maximum absolute atomic E-state index is 13.1. The summed E-state index contributed by atoms with van der Waals surface area (Å²) in [7, 11) is 3.59. The lowest BCUT2D eigenvalue weighted by Crippen LogP contribution is -2.35. The van der Waals surface area contributed by atoms with Crippen LogP contribution in [0.3, 0.4) is 0 Å². The number of benzene rings is 1. The second kappa shape index (κ2) is 8.23. The van der Waals surface area contributed by atoms with E-state index in [2.05, 4.69) is 32.3 Å². The largest absolute Gasteiger partial charge is 0.496 e. The standard InChI is InChI=1S/C23H27N7O2/c1-14-9-16(24-2)5-6-20(14)30-13-15-10-17(21(32-3)11-18(15)28-30)23(31)27-19-12-26-29-8-4-7-25-22(19)29/h4,7-8,10-14,16,20,24H,5-6,9H2,1-3H3,(H,27,31)/t14-,16?,20-/m0/s1. The van der Waals surface area contributed by atoms with Gasteiger partial charge in [-0.2, -0.15) is 10.2 Å². The summed E-state index contributed by atoms with van der Waals surface area (Å²) in [5.74, 6) is 0.722. The lowest BCUT2D eigenvalue weighted by Gasteiger charge is -2.34. The van der Waals surface area contributed by atoms with Crippen molar-refractivity contribution in [2.24, 2.45) is 5.92 Å². The van der Waals surface area contributed by atoms with E-state index < -0.39 is 0 Å². The Bertz CT molecular complexity index is 1280. The number of amides is 1. The third kappa shape index (κ3) is 3.58. The summed E-state index contributed by atoms with van der Waals surface area (Å²) in [6.45, 7) is 2.28. The Labute approximate surface area is 185 Å². The van der Waals surface area contributed by atoms with Crippen LogP contribution in [0.15, 0.2) is 43.0 Å². The number of hydrogen-bond acceptors (Lipinski definition) is 6. The topological polar surface area (TPSA) is 98.4 Å². The molecule has 3 aromatic heterocycles. The Morgan fingerprint density at radius 2 is 2.16 bits per heavy atom. The monoisotopic (exact) mass is 433 g/mol. The molecule has 1 aliphatic carbocycles. The first kappa shape index (κ1) is 20.4. The SMILES string of the molecule is CNC1CC[C@H](n2cc3cc(C(=O)Nc4cnn5cccnc45)c(OC)cc3n2)[C@@H](C)C1. The van der Waals surface area contributed by atoms with Crippen molar-refractivity contribution >= 4 is 28.1 Å². The molecule has 5 rings (SSSR count). The van der Waals surface area contributed by atoms with Gasteiger partial charge in [-0.3, -0.25) is 9.48 Å². The molecule has 32 heavy (non-hydrogen) atoms. The van der Waals surface area contributed by atoms with Gasteiger partial charge in [0.1, 0.15) is 11.4 Å². The zero-order chi connectivity index (χ0) is 22.2. The highest BCUT2D eigenvalue weighted by atomic mass is 16.5. The highest BCUT2D eigenvalue weighted by Gasteiger charge is 2.29. The summed E-state index contributed by atoms with van der Waals surface area (Å²) >= 11 is 0. The van der Waals surface area contributed by atoms with Crippen LogP contribution < -0.4 is 15.4 Å². The fourth-order valence-electron chi connectivity index (χ4n) is 4.73. The number of nitrogens with zero attached hydrogens (tertiary/aromatic N) is 5. The Kier molecular flexibility index (Phi) is 5.26. The summed E-state index contributed by atoms with van der Waals surface area (Å²) in [5, 5.41) is 16.3. The molecule has 1 aromatic carbocycles. The molecule has 1 amide bonds. The highest BCUT2D eigenvalue weighted by molar-refractivity contribution is 6.09. The minimum Gasteiger partial charge on any atom is -0.496 e. The second-order valence-electron chi connectivity index (χ2n) is 8.46. The van der Waals surface area contributed by atoms with Gasteiger partial charge in [0.05, 0.1) is 30.4 Å². The smallest absolute Gasteiger partial charge is 0.259 e. The summed E-state index contributed by atoms with van der Waals surface area (Å²) in [4.78, 5) is 17.4. The molecule has 0 saturated heterocycles. The fourth-order valence-corrected chi connectivity index (χ4v) is 4.73. The first-order valence-electron chi connectivity index (χ1n) is 10.9. The molecule has 9 heteroatoms. The van der Waals surface area contributed by atoms with Crippen LogP contribution in [-0.4, -0.2) is 50.5 Å². The van der Waals surface area contributed by atoms with Crippen molar-refractivity contribution in [1.82, 2.24) is 29.7 Å². The van der Waals surface area contributed by atoms with E-state index in [1.807, 2.05) is 25.4 Å². The van der Waals surface area contributed by atoms with Gasteiger partial charge in [-0.15, -0.1) is 0 Å². The number of anilines is 1. The Morgan fingerprint density at radius 1 is 1.28 bits per heavy atom. The van der Waals surface area contributed by atoms with Gasteiger partial charge in [0.15, 0.2) is 5.65 Å². The molecule has 1 unspecified atom stereocenters. The van der Waals surface area contributed by atoms with Crippen LogP contribution in [0, 0.1) is 5.92 Å². The van der Waals surface area contributed by atoms with E-state index in [0.717, 1.165) is 30.2 Å². The van der Waals surface area contributed by atoms with Crippen molar-refractivity contribution in [3.63, 3.8) is 0 Å². The molecule has 1 aliphatic rings. The number of methoxy groups -OCH3 is 1. The molecule has 0 radical (unpaired) electrons. The lowest BCUT2D eigenvalue weighted by molar-refractivity contribution is 0.102. The molecule has 3 atom stereocenters. The summed E-state index contributed by atoms with van der Waals surface area (Å²) < 4.78 is 9.21. The van der Waals surface area contributed by atoms with Gasteiger partial charge in [0.2, 0.25) is 0 Å². The summed E-state index contributed by atoms with van der Waals surface area (Å²) in [6, 6.07) is 6.37. The van der Waals surface area contributed by atoms with E-state index in [4.69, 9.17) is 9.84 Å². The van der Waals surface area contributed by atoms with Crippen LogP contribution in [0.2, 0.25) is 0 Å². The minimum absolute atomic E-state index is 0.278. The van der Waals surface area contributed by atoms with E-state index in [-0.39, 0.29) is 5.91 Å². The number of rotatable bonds is 5. The minimum atomic E-state index is -0.278. The summed E-state index contributed by atoms with van der Waals surface area (Å²) in [5.41, 5.74) is 2.39. The lowest BCUT2D eigenvalue weighted by atomic mass is 9.83. The van der Waals surface area contributed by atoms with Gasteiger partial charge < -0.3 is 15.4 Å². The van der Waals surface area contributed by atoms with Crippen LogP contribution in [0.5, 0.6) is 5.75 Å². The van der Waals surface area contributed by atoms with Crippen LogP contribution >= 0.6 is 0 Å². The molecule has 3 heterocycles. The van der Waals surface area contributed by atoms with Gasteiger partial charge in [0.25, 0.3) is 5.91 Å². The average Bonchev–Trinajstić information content (AvgIpc) is 3.41. The van der Waals surface area contributed by atoms with Crippen LogP contribution in [-0.2, 0) is 0 Å². The Morgan fingerprint density at radius 3 is 2.94 bits per heavy atom. The molecular formula is C23H27N7O2. The Hall–Kier alpha value is -3.46. The number of nitrogens with one attached hydrogen (secondary N) is 2. The number of fused-ring (bicyclic) bond motifs is 2. The quantitative estimate of drug-likeness (QED) is 0.501. The molecule has 0 bridgehead atoms. The van der Waals surface area contributed by atoms with E-state index in [9.17, 15) is 4.79 Å². The molecule has 4 aromatic rings. The zero-order valence-electron chi connectivity index (χ0n) is 18.4. The van der Waals surface area contributed by atoms with Gasteiger partial charge >= 0.3 is 0 Å². The third-order valence-electron chi connectivity index (χ3n) is 6.49. The molecule has 0 aliphatic heterocycles. The van der Waals surface area contributed by atoms with Gasteiger partial charge in [-0.05, 0) is 44.4 Å². The average molecular weight is 434 g/mol. The fraction of sp³-hybridized carbons (Fsp3) is 0.391. The van der Waals surface area contributed by atoms with E-state index in [0.29, 0.717) is 40.6 Å². The maximum atomic E-state index is 13.1. The van der Waals surface area contributed by atoms with Crippen molar-refractivity contribution in [2.75, 3.05) is 19.5 Å². The predicted molar refractivity (Wildman–Crippen MR) is 122 cm³/mol. The zero-order valence-corrected chi connectivity index (χ0v) is 18.4. The molecular weight excluding hydrogens is 406 g/mol. The first-order valence-corrected chi connectivity index (χ1v) is 10.9.